The molecule has 0 unspecified atom stereocenters. The van der Waals surface area contributed by atoms with Crippen molar-refractivity contribution in [2.24, 2.45) is 0 Å². The van der Waals surface area contributed by atoms with E-state index in [9.17, 15) is 9.59 Å². The summed E-state index contributed by atoms with van der Waals surface area (Å²) >= 11 is 5.87. The lowest BCUT2D eigenvalue weighted by molar-refractivity contribution is -0.116. The normalized spacial score (nSPS) is 10.4. The van der Waals surface area contributed by atoms with Gasteiger partial charge in [-0.1, -0.05) is 53.6 Å². The first-order valence-corrected chi connectivity index (χ1v) is 9.74. The predicted molar refractivity (Wildman–Crippen MR) is 116 cm³/mol. The predicted octanol–water partition coefficient (Wildman–Crippen LogP) is 5.83. The molecule has 0 spiro atoms. The van der Waals surface area contributed by atoms with Gasteiger partial charge in [0, 0.05) is 29.1 Å². The summed E-state index contributed by atoms with van der Waals surface area (Å²) in [6.07, 6.45) is 0.318. The number of nitrogens with one attached hydrogen (secondary N) is 1. The van der Waals surface area contributed by atoms with E-state index in [1.807, 2.05) is 43.3 Å². The van der Waals surface area contributed by atoms with Gasteiger partial charge in [0.2, 0.25) is 5.91 Å². The lowest BCUT2D eigenvalue weighted by Gasteiger charge is -2.09. The molecule has 4 nitrogen and oxygen atoms in total. The van der Waals surface area contributed by atoms with E-state index in [2.05, 4.69) is 5.32 Å². The first kappa shape index (κ1) is 20.6. The van der Waals surface area contributed by atoms with Crippen LogP contribution in [0.2, 0.25) is 5.02 Å². The van der Waals surface area contributed by atoms with Gasteiger partial charge in [0.1, 0.15) is 12.4 Å². The van der Waals surface area contributed by atoms with Crippen molar-refractivity contribution in [3.8, 4) is 5.75 Å². The van der Waals surface area contributed by atoms with E-state index in [1.54, 1.807) is 36.4 Å². The van der Waals surface area contributed by atoms with Gasteiger partial charge >= 0.3 is 0 Å². The van der Waals surface area contributed by atoms with Crippen molar-refractivity contribution in [2.75, 3.05) is 5.32 Å². The monoisotopic (exact) mass is 407 g/mol. The molecule has 0 aliphatic carbocycles. The fraction of sp³-hybridized carbons (Fsp3) is 0.167. The molecule has 1 amide bonds. The Morgan fingerprint density at radius 3 is 2.17 bits per heavy atom. The van der Waals surface area contributed by atoms with Crippen molar-refractivity contribution >= 4 is 29.0 Å². The highest BCUT2D eigenvalue weighted by atomic mass is 35.5. The standard InChI is InChI=1S/C24H22ClNO3/c1-17-2-6-19(7-3-17)23(27)14-15-24(28)26-21-10-12-22(13-11-21)29-16-18-4-8-20(25)9-5-18/h2-13H,14-16H2,1H3,(H,26,28). The highest BCUT2D eigenvalue weighted by Gasteiger charge is 2.09. The van der Waals surface area contributed by atoms with Crippen molar-refractivity contribution < 1.29 is 14.3 Å². The summed E-state index contributed by atoms with van der Waals surface area (Å²) in [6.45, 7) is 2.40. The first-order chi connectivity index (χ1) is 14.0. The quantitative estimate of drug-likeness (QED) is 0.478. The van der Waals surface area contributed by atoms with Gasteiger partial charge in [-0.05, 0) is 48.9 Å². The molecule has 1 N–H and O–H groups in total. The summed E-state index contributed by atoms with van der Waals surface area (Å²) in [5, 5.41) is 3.49. The van der Waals surface area contributed by atoms with Gasteiger partial charge in [0.15, 0.2) is 5.78 Å². The number of hydrogen-bond acceptors (Lipinski definition) is 3. The fourth-order valence-corrected chi connectivity index (χ4v) is 2.84. The lowest BCUT2D eigenvalue weighted by atomic mass is 10.0. The highest BCUT2D eigenvalue weighted by molar-refractivity contribution is 6.30. The Labute approximate surface area is 175 Å². The van der Waals surface area contributed by atoms with Gasteiger partial charge in [-0.15, -0.1) is 0 Å². The van der Waals surface area contributed by atoms with E-state index in [0.29, 0.717) is 28.6 Å². The Kier molecular flexibility index (Phi) is 7.04. The van der Waals surface area contributed by atoms with Crippen molar-refractivity contribution in [1.82, 2.24) is 0 Å². The number of carbonyl (C=O) groups is 2. The summed E-state index contributed by atoms with van der Waals surface area (Å²) in [4.78, 5) is 24.3. The largest absolute Gasteiger partial charge is 0.489 e. The SMILES string of the molecule is Cc1ccc(C(=O)CCC(=O)Nc2ccc(OCc3ccc(Cl)cc3)cc2)cc1. The number of anilines is 1. The summed E-state index contributed by atoms with van der Waals surface area (Å²) in [6, 6.07) is 22.0. The third-order valence-corrected chi connectivity index (χ3v) is 4.66. The molecule has 148 valence electrons. The van der Waals surface area contributed by atoms with Crippen LogP contribution in [-0.4, -0.2) is 11.7 Å². The Morgan fingerprint density at radius 1 is 0.862 bits per heavy atom. The lowest BCUT2D eigenvalue weighted by Crippen LogP contribution is -2.13. The number of ether oxygens (including phenoxy) is 1. The third-order valence-electron chi connectivity index (χ3n) is 4.41. The zero-order valence-corrected chi connectivity index (χ0v) is 16.9. The summed E-state index contributed by atoms with van der Waals surface area (Å²) in [5.74, 6) is 0.471. The minimum Gasteiger partial charge on any atom is -0.489 e. The fourth-order valence-electron chi connectivity index (χ4n) is 2.72. The van der Waals surface area contributed by atoms with Gasteiger partial charge in [-0.3, -0.25) is 9.59 Å². The molecule has 0 saturated heterocycles. The summed E-state index contributed by atoms with van der Waals surface area (Å²) in [7, 11) is 0. The van der Waals surface area contributed by atoms with E-state index in [4.69, 9.17) is 16.3 Å². The molecule has 3 aromatic carbocycles. The average molecular weight is 408 g/mol. The Balaban J connectivity index is 1.45. The maximum Gasteiger partial charge on any atom is 0.224 e. The number of ketones is 1. The molecule has 3 aromatic rings. The van der Waals surface area contributed by atoms with Crippen LogP contribution in [0.25, 0.3) is 0 Å². The number of rotatable bonds is 8. The van der Waals surface area contributed by atoms with Gasteiger partial charge in [-0.25, -0.2) is 0 Å². The van der Waals surface area contributed by atoms with Gasteiger partial charge < -0.3 is 10.1 Å². The summed E-state index contributed by atoms with van der Waals surface area (Å²) < 4.78 is 5.73. The van der Waals surface area contributed by atoms with Gasteiger partial charge in [-0.2, -0.15) is 0 Å². The number of benzene rings is 3. The van der Waals surface area contributed by atoms with Crippen LogP contribution in [0, 0.1) is 6.92 Å². The molecule has 0 aliphatic rings. The molecule has 3 rings (SSSR count). The van der Waals surface area contributed by atoms with E-state index < -0.39 is 0 Å². The van der Waals surface area contributed by atoms with Crippen LogP contribution in [0.5, 0.6) is 5.75 Å². The van der Waals surface area contributed by atoms with Crippen LogP contribution >= 0.6 is 11.6 Å². The molecule has 0 saturated carbocycles. The van der Waals surface area contributed by atoms with E-state index in [0.717, 1.165) is 11.1 Å². The van der Waals surface area contributed by atoms with Crippen LogP contribution in [0.1, 0.15) is 34.3 Å². The highest BCUT2D eigenvalue weighted by Crippen LogP contribution is 2.18. The zero-order valence-electron chi connectivity index (χ0n) is 16.2. The Morgan fingerprint density at radius 2 is 1.52 bits per heavy atom. The second kappa shape index (κ2) is 9.89. The van der Waals surface area contributed by atoms with Crippen LogP contribution < -0.4 is 10.1 Å². The van der Waals surface area contributed by atoms with Crippen molar-refractivity contribution in [3.63, 3.8) is 0 Å². The number of hydrogen-bond donors (Lipinski definition) is 1. The molecule has 0 heterocycles. The molecule has 0 radical (unpaired) electrons. The molecule has 5 heteroatoms. The smallest absolute Gasteiger partial charge is 0.224 e. The van der Waals surface area contributed by atoms with Crippen molar-refractivity contribution in [3.05, 3.63) is 94.5 Å². The van der Waals surface area contributed by atoms with E-state index >= 15 is 0 Å². The Hall–Kier alpha value is -3.11. The zero-order chi connectivity index (χ0) is 20.6. The molecule has 0 bridgehead atoms. The minimum atomic E-state index is -0.194. The number of halogens is 1. The maximum absolute atomic E-state index is 12.2. The summed E-state index contributed by atoms with van der Waals surface area (Å²) in [5.41, 5.74) is 3.41. The minimum absolute atomic E-state index is 0.0360. The van der Waals surface area contributed by atoms with Crippen LogP contribution in [0.15, 0.2) is 72.8 Å². The van der Waals surface area contributed by atoms with Crippen molar-refractivity contribution in [2.45, 2.75) is 26.4 Å². The first-order valence-electron chi connectivity index (χ1n) is 9.36. The van der Waals surface area contributed by atoms with Gasteiger partial charge in [0.25, 0.3) is 0 Å². The third kappa shape index (κ3) is 6.47. The molecule has 0 atom stereocenters. The van der Waals surface area contributed by atoms with E-state index in [-0.39, 0.29) is 24.5 Å². The maximum atomic E-state index is 12.2. The van der Waals surface area contributed by atoms with Crippen LogP contribution in [0.3, 0.4) is 0 Å². The molecule has 0 fully saturated rings. The molecular weight excluding hydrogens is 386 g/mol. The number of aryl methyl sites for hydroxylation is 1. The topological polar surface area (TPSA) is 55.4 Å². The second-order valence-electron chi connectivity index (χ2n) is 6.78. The molecule has 0 aliphatic heterocycles. The van der Waals surface area contributed by atoms with Gasteiger partial charge in [0.05, 0.1) is 0 Å². The molecule has 29 heavy (non-hydrogen) atoms. The average Bonchev–Trinajstić information content (AvgIpc) is 2.73. The van der Waals surface area contributed by atoms with Crippen LogP contribution in [-0.2, 0) is 11.4 Å². The number of carbonyl (C=O) groups excluding carboxylic acids is 2. The second-order valence-corrected chi connectivity index (χ2v) is 7.21. The number of amides is 1. The Bertz CT molecular complexity index is 965. The molecule has 0 aromatic heterocycles. The van der Waals surface area contributed by atoms with Crippen molar-refractivity contribution in [1.29, 1.82) is 0 Å². The van der Waals surface area contributed by atoms with E-state index in [1.165, 1.54) is 0 Å². The van der Waals surface area contributed by atoms with Crippen LogP contribution in [0.4, 0.5) is 5.69 Å². The number of Topliss-reactive ketones (excluding diaryl/α,β-unsaturated/α-hetero) is 1. The molecular formula is C24H22ClNO3.